The van der Waals surface area contributed by atoms with Crippen LogP contribution in [0.2, 0.25) is 0 Å². The summed E-state index contributed by atoms with van der Waals surface area (Å²) in [6, 6.07) is 6.02. The number of hydrogen-bond acceptors (Lipinski definition) is 2. The summed E-state index contributed by atoms with van der Waals surface area (Å²) in [5.41, 5.74) is 4.04. The van der Waals surface area contributed by atoms with Gasteiger partial charge in [-0.2, -0.15) is 13.2 Å². The molecule has 0 aromatic heterocycles. The third-order valence-electron chi connectivity index (χ3n) is 6.03. The number of primary amides is 1. The van der Waals surface area contributed by atoms with E-state index in [1.165, 1.54) is 30.4 Å². The van der Waals surface area contributed by atoms with Crippen molar-refractivity contribution in [3.05, 3.63) is 53.9 Å². The minimum Gasteiger partial charge on any atom is -0.385 e. The first-order chi connectivity index (χ1) is 13.2. The van der Waals surface area contributed by atoms with Gasteiger partial charge < -0.3 is 11.1 Å². The average Bonchev–Trinajstić information content (AvgIpc) is 2.67. The van der Waals surface area contributed by atoms with Crippen molar-refractivity contribution in [3.8, 4) is 0 Å². The normalized spacial score (nSPS) is 27.9. The Hall–Kier alpha value is -2.31. The molecular formula is C21H24F4N2O. The Labute approximate surface area is 161 Å². The van der Waals surface area contributed by atoms with Gasteiger partial charge in [-0.25, -0.2) is 4.39 Å². The Bertz CT molecular complexity index is 762. The number of amides is 1. The minimum atomic E-state index is -4.44. The van der Waals surface area contributed by atoms with Gasteiger partial charge in [0.05, 0.1) is 5.41 Å². The Morgan fingerprint density at radius 2 is 1.79 bits per heavy atom. The predicted molar refractivity (Wildman–Crippen MR) is 99.9 cm³/mol. The second kappa shape index (κ2) is 7.97. The molecule has 7 heteroatoms. The number of benzene rings is 1. The van der Waals surface area contributed by atoms with Gasteiger partial charge in [0.25, 0.3) is 0 Å². The number of carbonyl (C=O) groups is 1. The number of allylic oxidation sites excluding steroid dienone is 3. The van der Waals surface area contributed by atoms with Gasteiger partial charge >= 0.3 is 6.18 Å². The van der Waals surface area contributed by atoms with Crippen molar-refractivity contribution in [2.75, 3.05) is 11.9 Å². The van der Waals surface area contributed by atoms with Crippen LogP contribution in [0.15, 0.2) is 48.1 Å². The van der Waals surface area contributed by atoms with Gasteiger partial charge in [0.15, 0.2) is 0 Å². The molecule has 3 nitrogen and oxygen atoms in total. The lowest BCUT2D eigenvalue weighted by molar-refractivity contribution is -0.227. The molecule has 3 rings (SSSR count). The largest absolute Gasteiger partial charge is 0.398 e. The van der Waals surface area contributed by atoms with Gasteiger partial charge in [0.1, 0.15) is 5.82 Å². The van der Waals surface area contributed by atoms with E-state index < -0.39 is 23.4 Å². The molecule has 0 heterocycles. The number of nitrogens with two attached hydrogens (primary N) is 1. The number of carbonyl (C=O) groups excluding carboxylic acids is 1. The van der Waals surface area contributed by atoms with Gasteiger partial charge in [0, 0.05) is 17.8 Å². The summed E-state index contributed by atoms with van der Waals surface area (Å²) in [5, 5.41) is 3.22. The predicted octanol–water partition coefficient (Wildman–Crippen LogP) is 4.96. The van der Waals surface area contributed by atoms with Crippen LogP contribution in [0.4, 0.5) is 23.2 Å². The van der Waals surface area contributed by atoms with Gasteiger partial charge in [-0.15, -0.1) is 0 Å². The van der Waals surface area contributed by atoms with Crippen LogP contribution < -0.4 is 11.1 Å². The minimum absolute atomic E-state index is 0.0277. The van der Waals surface area contributed by atoms with Gasteiger partial charge in [-0.1, -0.05) is 18.2 Å². The standard InChI is InChI=1S/C21H24F4N2O/c22-17-7-9-18(10-8-17)27-13-14-3-5-16(6-4-14)20(21(23,24)25)11-1-2-15(12-20)19(26)28/h1-2,7-11,14,16,27H,3-6,12-13H2,(H2,26,28). The lowest BCUT2D eigenvalue weighted by atomic mass is 9.62. The SMILES string of the molecule is NC(=O)C1=CC=CC(C2CCC(CNc3ccc(F)cc3)CC2)(C(F)(F)F)C1. The van der Waals surface area contributed by atoms with Crippen molar-refractivity contribution >= 4 is 11.6 Å². The van der Waals surface area contributed by atoms with Crippen molar-refractivity contribution < 1.29 is 22.4 Å². The smallest absolute Gasteiger partial charge is 0.385 e. The van der Waals surface area contributed by atoms with Crippen LogP contribution in [0.5, 0.6) is 0 Å². The van der Waals surface area contributed by atoms with Crippen LogP contribution in [0, 0.1) is 23.1 Å². The summed E-state index contributed by atoms with van der Waals surface area (Å²) >= 11 is 0. The Morgan fingerprint density at radius 1 is 1.14 bits per heavy atom. The summed E-state index contributed by atoms with van der Waals surface area (Å²) < 4.78 is 55.1. The second-order valence-corrected chi connectivity index (χ2v) is 7.74. The van der Waals surface area contributed by atoms with E-state index in [2.05, 4.69) is 5.32 Å². The number of rotatable bonds is 5. The molecule has 1 fully saturated rings. The third-order valence-corrected chi connectivity index (χ3v) is 6.03. The maximum Gasteiger partial charge on any atom is 0.398 e. The van der Waals surface area contributed by atoms with Crippen molar-refractivity contribution in [1.82, 2.24) is 0 Å². The second-order valence-electron chi connectivity index (χ2n) is 7.74. The van der Waals surface area contributed by atoms with Crippen LogP contribution in [0.3, 0.4) is 0 Å². The van der Waals surface area contributed by atoms with E-state index in [9.17, 15) is 22.4 Å². The number of alkyl halides is 3. The van der Waals surface area contributed by atoms with E-state index in [0.29, 0.717) is 32.2 Å². The summed E-state index contributed by atoms with van der Waals surface area (Å²) in [6.07, 6.45) is 1.29. The summed E-state index contributed by atoms with van der Waals surface area (Å²) in [6.45, 7) is 0.639. The molecule has 0 bridgehead atoms. The lowest BCUT2D eigenvalue weighted by Gasteiger charge is -2.44. The van der Waals surface area contributed by atoms with Crippen molar-refractivity contribution in [2.24, 2.45) is 23.0 Å². The van der Waals surface area contributed by atoms with Gasteiger partial charge in [0.2, 0.25) is 5.91 Å². The number of nitrogens with one attached hydrogen (secondary N) is 1. The Kier molecular flexibility index (Phi) is 5.82. The molecule has 1 atom stereocenters. The quantitative estimate of drug-likeness (QED) is 0.691. The monoisotopic (exact) mass is 396 g/mol. The maximum absolute atomic E-state index is 14.0. The third kappa shape index (κ3) is 4.23. The van der Waals surface area contributed by atoms with E-state index in [-0.39, 0.29) is 23.7 Å². The highest BCUT2D eigenvalue weighted by Gasteiger charge is 2.58. The van der Waals surface area contributed by atoms with Gasteiger partial charge in [-0.3, -0.25) is 4.79 Å². The van der Waals surface area contributed by atoms with Crippen LogP contribution in [-0.4, -0.2) is 18.6 Å². The maximum atomic E-state index is 14.0. The number of halogens is 4. The molecule has 0 radical (unpaired) electrons. The fraction of sp³-hybridized carbons (Fsp3) is 0.476. The highest BCUT2D eigenvalue weighted by atomic mass is 19.4. The topological polar surface area (TPSA) is 55.1 Å². The molecule has 3 N–H and O–H groups in total. The first-order valence-corrected chi connectivity index (χ1v) is 9.45. The van der Waals surface area contributed by atoms with Crippen molar-refractivity contribution in [3.63, 3.8) is 0 Å². The molecule has 1 unspecified atom stereocenters. The van der Waals surface area contributed by atoms with E-state index in [1.807, 2.05) is 0 Å². The number of anilines is 1. The van der Waals surface area contributed by atoms with Crippen molar-refractivity contribution in [2.45, 2.75) is 38.3 Å². The fourth-order valence-corrected chi connectivity index (χ4v) is 4.36. The highest BCUT2D eigenvalue weighted by molar-refractivity contribution is 5.92. The summed E-state index contributed by atoms with van der Waals surface area (Å²) in [4.78, 5) is 11.5. The van der Waals surface area contributed by atoms with E-state index in [4.69, 9.17) is 5.73 Å². The summed E-state index contributed by atoms with van der Waals surface area (Å²) in [7, 11) is 0. The summed E-state index contributed by atoms with van der Waals surface area (Å²) in [5.74, 6) is -1.43. The van der Waals surface area contributed by atoms with Crippen LogP contribution in [-0.2, 0) is 4.79 Å². The molecular weight excluding hydrogens is 372 g/mol. The first kappa shape index (κ1) is 20.4. The fourth-order valence-electron chi connectivity index (χ4n) is 4.36. The zero-order valence-corrected chi connectivity index (χ0v) is 15.4. The molecule has 1 amide bonds. The van der Waals surface area contributed by atoms with Gasteiger partial charge in [-0.05, 0) is 68.2 Å². The van der Waals surface area contributed by atoms with E-state index in [0.717, 1.165) is 5.69 Å². The van der Waals surface area contributed by atoms with E-state index in [1.54, 1.807) is 12.1 Å². The first-order valence-electron chi connectivity index (χ1n) is 9.45. The molecule has 1 aromatic rings. The molecule has 2 aliphatic rings. The Balaban J connectivity index is 1.63. The lowest BCUT2D eigenvalue weighted by Crippen LogP contribution is -2.46. The van der Waals surface area contributed by atoms with Crippen LogP contribution in [0.1, 0.15) is 32.1 Å². The molecule has 1 aromatic carbocycles. The number of hydrogen-bond donors (Lipinski definition) is 2. The highest BCUT2D eigenvalue weighted by Crippen LogP contribution is 2.55. The molecule has 0 saturated heterocycles. The molecule has 0 spiro atoms. The van der Waals surface area contributed by atoms with Crippen LogP contribution >= 0.6 is 0 Å². The molecule has 2 aliphatic carbocycles. The average molecular weight is 396 g/mol. The molecule has 152 valence electrons. The Morgan fingerprint density at radius 3 is 2.36 bits per heavy atom. The molecule has 1 saturated carbocycles. The zero-order valence-electron chi connectivity index (χ0n) is 15.4. The molecule has 0 aliphatic heterocycles. The van der Waals surface area contributed by atoms with Crippen molar-refractivity contribution in [1.29, 1.82) is 0 Å². The van der Waals surface area contributed by atoms with Crippen LogP contribution in [0.25, 0.3) is 0 Å². The molecule has 28 heavy (non-hydrogen) atoms. The van der Waals surface area contributed by atoms with E-state index >= 15 is 0 Å². The zero-order chi connectivity index (χ0) is 20.4.